The summed E-state index contributed by atoms with van der Waals surface area (Å²) in [5.41, 5.74) is -0.900. The van der Waals surface area contributed by atoms with Crippen molar-refractivity contribution >= 4 is 12.0 Å². The highest BCUT2D eigenvalue weighted by Crippen LogP contribution is 2.25. The maximum absolute atomic E-state index is 11.6. The van der Waals surface area contributed by atoms with Gasteiger partial charge in [-0.2, -0.15) is 0 Å². The second-order valence-electron chi connectivity index (χ2n) is 4.57. The van der Waals surface area contributed by atoms with Crippen LogP contribution in [-0.4, -0.2) is 45.2 Å². The van der Waals surface area contributed by atoms with Gasteiger partial charge in [0.25, 0.3) is 0 Å². The number of hydrogen-bond donors (Lipinski definition) is 3. The van der Waals surface area contributed by atoms with E-state index in [0.29, 0.717) is 25.9 Å². The van der Waals surface area contributed by atoms with E-state index in [1.165, 1.54) is 0 Å². The first-order valence-electron chi connectivity index (χ1n) is 6.63. The average molecular weight is 283 g/mol. The van der Waals surface area contributed by atoms with Crippen LogP contribution in [-0.2, 0) is 11.3 Å². The van der Waals surface area contributed by atoms with E-state index in [0.717, 1.165) is 0 Å². The Balaban J connectivity index is 2.33. The number of carbonyl (C=O) groups excluding carboxylic acids is 1. The summed E-state index contributed by atoms with van der Waals surface area (Å²) in [5.74, 6) is -0.884. The van der Waals surface area contributed by atoms with Gasteiger partial charge in [-0.3, -0.25) is 9.48 Å². The molecular formula is C12H21N5O3. The molecule has 0 aliphatic carbocycles. The SMILES string of the molecule is CCC(CC)(CNC(=O)NCCn1ccnn1)C(=O)O. The van der Waals surface area contributed by atoms with Crippen molar-refractivity contribution in [2.45, 2.75) is 33.2 Å². The van der Waals surface area contributed by atoms with Gasteiger partial charge in [0.2, 0.25) is 0 Å². The van der Waals surface area contributed by atoms with Gasteiger partial charge in [-0.05, 0) is 12.8 Å². The third-order valence-corrected chi connectivity index (χ3v) is 3.49. The summed E-state index contributed by atoms with van der Waals surface area (Å²) in [6.45, 7) is 4.64. The molecule has 0 aliphatic heterocycles. The molecule has 1 heterocycles. The summed E-state index contributed by atoms with van der Waals surface area (Å²) < 4.78 is 1.60. The predicted molar refractivity (Wildman–Crippen MR) is 72.1 cm³/mol. The van der Waals surface area contributed by atoms with Crippen molar-refractivity contribution in [3.05, 3.63) is 12.4 Å². The zero-order chi connectivity index (χ0) is 15.0. The van der Waals surface area contributed by atoms with Crippen LogP contribution in [0.4, 0.5) is 4.79 Å². The van der Waals surface area contributed by atoms with E-state index in [9.17, 15) is 14.7 Å². The lowest BCUT2D eigenvalue weighted by molar-refractivity contribution is -0.149. The Kier molecular flexibility index (Phi) is 5.95. The number of carboxylic acid groups (broad SMARTS) is 1. The first kappa shape index (κ1) is 15.9. The second-order valence-corrected chi connectivity index (χ2v) is 4.57. The number of carbonyl (C=O) groups is 2. The van der Waals surface area contributed by atoms with E-state index in [1.54, 1.807) is 17.1 Å². The minimum atomic E-state index is -0.900. The second kappa shape index (κ2) is 7.46. The number of aromatic nitrogens is 3. The van der Waals surface area contributed by atoms with Gasteiger partial charge in [0.1, 0.15) is 0 Å². The van der Waals surface area contributed by atoms with Gasteiger partial charge >= 0.3 is 12.0 Å². The summed E-state index contributed by atoms with van der Waals surface area (Å²) in [6.07, 6.45) is 4.20. The van der Waals surface area contributed by atoms with E-state index in [1.807, 2.05) is 13.8 Å². The highest BCUT2D eigenvalue weighted by atomic mass is 16.4. The zero-order valence-corrected chi connectivity index (χ0v) is 11.8. The van der Waals surface area contributed by atoms with Crippen molar-refractivity contribution in [1.29, 1.82) is 0 Å². The Bertz CT molecular complexity index is 428. The highest BCUT2D eigenvalue weighted by Gasteiger charge is 2.35. The van der Waals surface area contributed by atoms with Crippen molar-refractivity contribution in [3.8, 4) is 0 Å². The van der Waals surface area contributed by atoms with Crippen molar-refractivity contribution < 1.29 is 14.7 Å². The molecule has 0 unspecified atom stereocenters. The number of aliphatic carboxylic acids is 1. The van der Waals surface area contributed by atoms with Gasteiger partial charge in [0.15, 0.2) is 0 Å². The number of carboxylic acids is 1. The number of amides is 2. The maximum Gasteiger partial charge on any atom is 0.314 e. The normalized spacial score (nSPS) is 11.1. The monoisotopic (exact) mass is 283 g/mol. The van der Waals surface area contributed by atoms with Gasteiger partial charge in [-0.15, -0.1) is 5.10 Å². The molecule has 0 radical (unpaired) electrons. The first-order valence-corrected chi connectivity index (χ1v) is 6.63. The maximum atomic E-state index is 11.6. The lowest BCUT2D eigenvalue weighted by Crippen LogP contribution is -2.46. The zero-order valence-electron chi connectivity index (χ0n) is 11.8. The topological polar surface area (TPSA) is 109 Å². The summed E-state index contributed by atoms with van der Waals surface area (Å²) in [4.78, 5) is 22.9. The van der Waals surface area contributed by atoms with Crippen molar-refractivity contribution in [2.75, 3.05) is 13.1 Å². The molecule has 8 heteroatoms. The van der Waals surface area contributed by atoms with Gasteiger partial charge in [-0.25, -0.2) is 4.79 Å². The Labute approximate surface area is 117 Å². The smallest absolute Gasteiger partial charge is 0.314 e. The van der Waals surface area contributed by atoms with Gasteiger partial charge in [0, 0.05) is 19.3 Å². The van der Waals surface area contributed by atoms with Crippen molar-refractivity contribution in [1.82, 2.24) is 25.6 Å². The Morgan fingerprint density at radius 3 is 2.50 bits per heavy atom. The molecule has 0 fully saturated rings. The van der Waals surface area contributed by atoms with E-state index in [4.69, 9.17) is 0 Å². The average Bonchev–Trinajstić information content (AvgIpc) is 2.93. The number of hydrogen-bond acceptors (Lipinski definition) is 4. The van der Waals surface area contributed by atoms with Crippen molar-refractivity contribution in [2.24, 2.45) is 5.41 Å². The van der Waals surface area contributed by atoms with Gasteiger partial charge in [0.05, 0.1) is 18.2 Å². The highest BCUT2D eigenvalue weighted by molar-refractivity contribution is 5.78. The number of nitrogens with one attached hydrogen (secondary N) is 2. The standard InChI is InChI=1S/C12H21N5O3/c1-3-12(4-2,10(18)19)9-14-11(20)13-5-7-17-8-6-15-16-17/h6,8H,3-5,7,9H2,1-2H3,(H,18,19)(H2,13,14,20). The fraction of sp³-hybridized carbons (Fsp3) is 0.667. The Hall–Kier alpha value is -2.12. The minimum Gasteiger partial charge on any atom is -0.481 e. The molecule has 0 atom stereocenters. The van der Waals surface area contributed by atoms with Crippen LogP contribution in [0, 0.1) is 5.41 Å². The van der Waals surface area contributed by atoms with Crippen LogP contribution in [0.25, 0.3) is 0 Å². The van der Waals surface area contributed by atoms with Crippen LogP contribution in [0.1, 0.15) is 26.7 Å². The molecular weight excluding hydrogens is 262 g/mol. The number of rotatable bonds is 8. The molecule has 20 heavy (non-hydrogen) atoms. The summed E-state index contributed by atoms with van der Waals surface area (Å²) in [6, 6.07) is -0.377. The summed E-state index contributed by atoms with van der Waals surface area (Å²) in [5, 5.41) is 21.9. The molecule has 112 valence electrons. The molecule has 0 saturated carbocycles. The number of nitrogens with zero attached hydrogens (tertiary/aromatic N) is 3. The molecule has 0 aliphatic rings. The van der Waals surface area contributed by atoms with E-state index < -0.39 is 11.4 Å². The Morgan fingerprint density at radius 2 is 2.00 bits per heavy atom. The lowest BCUT2D eigenvalue weighted by atomic mass is 9.82. The first-order chi connectivity index (χ1) is 9.54. The van der Waals surface area contributed by atoms with Crippen LogP contribution in [0.15, 0.2) is 12.4 Å². The predicted octanol–water partition coefficient (Wildman–Crippen LogP) is 0.468. The molecule has 0 saturated heterocycles. The molecule has 1 aromatic heterocycles. The molecule has 8 nitrogen and oxygen atoms in total. The van der Waals surface area contributed by atoms with Gasteiger partial charge < -0.3 is 15.7 Å². The van der Waals surface area contributed by atoms with E-state index in [-0.39, 0.29) is 12.6 Å². The molecule has 1 rings (SSSR count). The molecule has 0 spiro atoms. The summed E-state index contributed by atoms with van der Waals surface area (Å²) >= 11 is 0. The fourth-order valence-electron chi connectivity index (χ4n) is 1.83. The molecule has 0 aromatic carbocycles. The molecule has 2 amide bonds. The van der Waals surface area contributed by atoms with Crippen molar-refractivity contribution in [3.63, 3.8) is 0 Å². The van der Waals surface area contributed by atoms with Crippen LogP contribution in [0.3, 0.4) is 0 Å². The Morgan fingerprint density at radius 1 is 1.30 bits per heavy atom. The number of urea groups is 1. The molecule has 0 bridgehead atoms. The van der Waals surface area contributed by atoms with E-state index in [2.05, 4.69) is 20.9 Å². The van der Waals surface area contributed by atoms with Crippen LogP contribution in [0.5, 0.6) is 0 Å². The fourth-order valence-corrected chi connectivity index (χ4v) is 1.83. The van der Waals surface area contributed by atoms with Crippen LogP contribution < -0.4 is 10.6 Å². The third kappa shape index (κ3) is 4.22. The largest absolute Gasteiger partial charge is 0.481 e. The quantitative estimate of drug-likeness (QED) is 0.642. The lowest BCUT2D eigenvalue weighted by Gasteiger charge is -2.26. The molecule has 1 aromatic rings. The third-order valence-electron chi connectivity index (χ3n) is 3.49. The van der Waals surface area contributed by atoms with E-state index >= 15 is 0 Å². The van der Waals surface area contributed by atoms with Gasteiger partial charge in [-0.1, -0.05) is 19.1 Å². The van der Waals surface area contributed by atoms with Crippen LogP contribution >= 0.6 is 0 Å². The summed E-state index contributed by atoms with van der Waals surface area (Å²) in [7, 11) is 0. The van der Waals surface area contributed by atoms with Crippen LogP contribution in [0.2, 0.25) is 0 Å². The minimum absolute atomic E-state index is 0.116. The molecule has 3 N–H and O–H groups in total.